The first-order valence-corrected chi connectivity index (χ1v) is 6.17. The van der Waals surface area contributed by atoms with Crippen LogP contribution in [0.15, 0.2) is 36.7 Å². The van der Waals surface area contributed by atoms with Crippen LogP contribution < -0.4 is 11.1 Å². The van der Waals surface area contributed by atoms with Crippen molar-refractivity contribution in [3.8, 4) is 0 Å². The minimum absolute atomic E-state index is 0.145. The predicted octanol–water partition coefficient (Wildman–Crippen LogP) is 2.00. The first-order valence-electron chi connectivity index (χ1n) is 6.17. The van der Waals surface area contributed by atoms with Crippen molar-refractivity contribution in [2.75, 3.05) is 5.32 Å². The zero-order valence-corrected chi connectivity index (χ0v) is 11.1. The molecule has 0 aliphatic heterocycles. The molecule has 0 spiro atoms. The number of aryl methyl sites for hydroxylation is 1. The summed E-state index contributed by atoms with van der Waals surface area (Å²) in [6.45, 7) is 2.01. The SMILES string of the molecule is Cc1ccc(Nc2ncc([C@H](N)CC(=O)O)cn2)cc1. The minimum atomic E-state index is -0.945. The lowest BCUT2D eigenvalue weighted by atomic mass is 10.1. The number of aromatic nitrogens is 2. The van der Waals surface area contributed by atoms with Crippen LogP contribution in [0.4, 0.5) is 11.6 Å². The Morgan fingerprint density at radius 1 is 1.30 bits per heavy atom. The maximum Gasteiger partial charge on any atom is 0.305 e. The molecule has 2 aromatic rings. The van der Waals surface area contributed by atoms with Crippen LogP contribution in [0.1, 0.15) is 23.6 Å². The highest BCUT2D eigenvalue weighted by Crippen LogP contribution is 2.16. The Labute approximate surface area is 116 Å². The normalized spacial score (nSPS) is 11.9. The number of nitrogens with two attached hydrogens (primary N) is 1. The fourth-order valence-electron chi connectivity index (χ4n) is 1.67. The number of nitrogens with zero attached hydrogens (tertiary/aromatic N) is 2. The monoisotopic (exact) mass is 272 g/mol. The van der Waals surface area contributed by atoms with Crippen LogP contribution in [0.3, 0.4) is 0 Å². The van der Waals surface area contributed by atoms with Gasteiger partial charge in [0.25, 0.3) is 0 Å². The Hall–Kier alpha value is -2.47. The number of anilines is 2. The van der Waals surface area contributed by atoms with Gasteiger partial charge >= 0.3 is 5.97 Å². The quantitative estimate of drug-likeness (QED) is 0.769. The van der Waals surface area contributed by atoms with Crippen molar-refractivity contribution in [3.63, 3.8) is 0 Å². The van der Waals surface area contributed by atoms with E-state index in [2.05, 4.69) is 15.3 Å². The highest BCUT2D eigenvalue weighted by atomic mass is 16.4. The first kappa shape index (κ1) is 14.0. The molecule has 0 radical (unpaired) electrons. The molecule has 2 rings (SSSR count). The topological polar surface area (TPSA) is 101 Å². The highest BCUT2D eigenvalue weighted by molar-refractivity contribution is 5.67. The van der Waals surface area contributed by atoms with Crippen molar-refractivity contribution < 1.29 is 9.90 Å². The largest absolute Gasteiger partial charge is 0.481 e. The third-order valence-corrected chi connectivity index (χ3v) is 2.80. The third-order valence-electron chi connectivity index (χ3n) is 2.80. The summed E-state index contributed by atoms with van der Waals surface area (Å²) >= 11 is 0. The lowest BCUT2D eigenvalue weighted by Crippen LogP contribution is -2.15. The average molecular weight is 272 g/mol. The van der Waals surface area contributed by atoms with E-state index in [9.17, 15) is 4.79 Å². The smallest absolute Gasteiger partial charge is 0.305 e. The molecule has 0 fully saturated rings. The van der Waals surface area contributed by atoms with Crippen molar-refractivity contribution in [1.29, 1.82) is 0 Å². The Kier molecular flexibility index (Phi) is 4.27. The van der Waals surface area contributed by atoms with E-state index in [0.717, 1.165) is 5.69 Å². The second-order valence-electron chi connectivity index (χ2n) is 4.54. The number of nitrogens with one attached hydrogen (secondary N) is 1. The van der Waals surface area contributed by atoms with E-state index in [1.54, 1.807) is 0 Å². The molecule has 1 aromatic heterocycles. The fourth-order valence-corrected chi connectivity index (χ4v) is 1.67. The number of hydrogen-bond acceptors (Lipinski definition) is 5. The minimum Gasteiger partial charge on any atom is -0.481 e. The summed E-state index contributed by atoms with van der Waals surface area (Å²) < 4.78 is 0. The van der Waals surface area contributed by atoms with Gasteiger partial charge in [-0.25, -0.2) is 9.97 Å². The van der Waals surface area contributed by atoms with Crippen LogP contribution >= 0.6 is 0 Å². The molecule has 1 atom stereocenters. The molecule has 6 heteroatoms. The van der Waals surface area contributed by atoms with E-state index in [4.69, 9.17) is 10.8 Å². The van der Waals surface area contributed by atoms with Crippen LogP contribution in [0.5, 0.6) is 0 Å². The zero-order chi connectivity index (χ0) is 14.5. The van der Waals surface area contributed by atoms with Crippen molar-refractivity contribution in [3.05, 3.63) is 47.8 Å². The lowest BCUT2D eigenvalue weighted by molar-refractivity contribution is -0.137. The second-order valence-corrected chi connectivity index (χ2v) is 4.54. The number of rotatable bonds is 5. The number of benzene rings is 1. The first-order chi connectivity index (χ1) is 9.54. The van der Waals surface area contributed by atoms with Crippen LogP contribution in [-0.2, 0) is 4.79 Å². The molecule has 4 N–H and O–H groups in total. The van der Waals surface area contributed by atoms with E-state index in [1.807, 2.05) is 31.2 Å². The van der Waals surface area contributed by atoms with Gasteiger partial charge in [0.2, 0.25) is 5.95 Å². The van der Waals surface area contributed by atoms with Crippen molar-refractivity contribution >= 4 is 17.6 Å². The Balaban J connectivity index is 2.04. The van der Waals surface area contributed by atoms with Gasteiger partial charge in [0.15, 0.2) is 0 Å². The van der Waals surface area contributed by atoms with Crippen molar-refractivity contribution in [2.45, 2.75) is 19.4 Å². The molecule has 104 valence electrons. The van der Waals surface area contributed by atoms with Crippen LogP contribution in [-0.4, -0.2) is 21.0 Å². The van der Waals surface area contributed by atoms with Gasteiger partial charge in [0.1, 0.15) is 0 Å². The zero-order valence-electron chi connectivity index (χ0n) is 11.1. The summed E-state index contributed by atoms with van der Waals surface area (Å²) in [5.74, 6) is -0.500. The Morgan fingerprint density at radius 3 is 2.45 bits per heavy atom. The molecule has 6 nitrogen and oxygen atoms in total. The standard InChI is InChI=1S/C14H16N4O2/c1-9-2-4-11(5-3-9)18-14-16-7-10(8-17-14)12(15)6-13(19)20/h2-5,7-8,12H,6,15H2,1H3,(H,19,20)(H,16,17,18)/t12-/m1/s1. The molecule has 1 heterocycles. The fraction of sp³-hybridized carbons (Fsp3) is 0.214. The molecule has 0 saturated heterocycles. The molecule has 0 aliphatic rings. The number of aliphatic carboxylic acids is 1. The Morgan fingerprint density at radius 2 is 1.90 bits per heavy atom. The third kappa shape index (κ3) is 3.76. The molecule has 0 unspecified atom stereocenters. The van der Waals surface area contributed by atoms with Gasteiger partial charge in [0, 0.05) is 29.7 Å². The number of carboxylic acids is 1. The Bertz CT molecular complexity index is 581. The molecule has 0 aliphatic carbocycles. The highest BCUT2D eigenvalue weighted by Gasteiger charge is 2.11. The number of hydrogen-bond donors (Lipinski definition) is 3. The average Bonchev–Trinajstić information content (AvgIpc) is 2.41. The van der Waals surface area contributed by atoms with Gasteiger partial charge in [-0.05, 0) is 19.1 Å². The van der Waals surface area contributed by atoms with E-state index >= 15 is 0 Å². The van der Waals surface area contributed by atoms with E-state index in [0.29, 0.717) is 11.5 Å². The van der Waals surface area contributed by atoms with E-state index < -0.39 is 12.0 Å². The molecule has 20 heavy (non-hydrogen) atoms. The number of carboxylic acid groups (broad SMARTS) is 1. The number of carbonyl (C=O) groups is 1. The summed E-state index contributed by atoms with van der Waals surface area (Å²) in [5.41, 5.74) is 8.39. The second kappa shape index (κ2) is 6.12. The maximum absolute atomic E-state index is 10.6. The van der Waals surface area contributed by atoms with Gasteiger partial charge in [-0.15, -0.1) is 0 Å². The molecule has 1 aromatic carbocycles. The van der Waals surface area contributed by atoms with Gasteiger partial charge in [-0.1, -0.05) is 17.7 Å². The van der Waals surface area contributed by atoms with Crippen molar-refractivity contribution in [2.24, 2.45) is 5.73 Å². The predicted molar refractivity (Wildman–Crippen MR) is 75.7 cm³/mol. The van der Waals surface area contributed by atoms with Gasteiger partial charge in [-0.2, -0.15) is 0 Å². The van der Waals surface area contributed by atoms with Crippen LogP contribution in [0.2, 0.25) is 0 Å². The van der Waals surface area contributed by atoms with E-state index in [-0.39, 0.29) is 6.42 Å². The lowest BCUT2D eigenvalue weighted by Gasteiger charge is -2.09. The van der Waals surface area contributed by atoms with E-state index in [1.165, 1.54) is 18.0 Å². The summed E-state index contributed by atoms with van der Waals surface area (Å²) in [6, 6.07) is 7.24. The summed E-state index contributed by atoms with van der Waals surface area (Å²) in [4.78, 5) is 18.8. The van der Waals surface area contributed by atoms with Crippen LogP contribution in [0.25, 0.3) is 0 Å². The molecule has 0 saturated carbocycles. The summed E-state index contributed by atoms with van der Waals surface area (Å²) in [5, 5.41) is 11.7. The molecule has 0 amide bonds. The van der Waals surface area contributed by atoms with Crippen molar-refractivity contribution in [1.82, 2.24) is 9.97 Å². The summed E-state index contributed by atoms with van der Waals surface area (Å²) in [7, 11) is 0. The summed E-state index contributed by atoms with van der Waals surface area (Å²) in [6.07, 6.45) is 2.93. The maximum atomic E-state index is 10.6. The molecular weight excluding hydrogens is 256 g/mol. The molecular formula is C14H16N4O2. The van der Waals surface area contributed by atoms with Gasteiger partial charge in [0.05, 0.1) is 6.42 Å². The van der Waals surface area contributed by atoms with Crippen LogP contribution in [0, 0.1) is 6.92 Å². The van der Waals surface area contributed by atoms with Gasteiger partial charge in [-0.3, -0.25) is 4.79 Å². The van der Waals surface area contributed by atoms with Gasteiger partial charge < -0.3 is 16.2 Å². The molecule has 0 bridgehead atoms.